The van der Waals surface area contributed by atoms with E-state index >= 15 is 0 Å². The van der Waals surface area contributed by atoms with Crippen LogP contribution in [0.15, 0.2) is 0 Å². The number of ether oxygens (including phenoxy) is 1. The summed E-state index contributed by atoms with van der Waals surface area (Å²) in [7, 11) is 1.70. The molecule has 4 nitrogen and oxygen atoms in total. The summed E-state index contributed by atoms with van der Waals surface area (Å²) in [4.78, 5) is 1.84. The Balaban J connectivity index is 2.39. The van der Waals surface area contributed by atoms with E-state index in [9.17, 15) is 0 Å². The van der Waals surface area contributed by atoms with Gasteiger partial charge in [0.15, 0.2) is 5.96 Å². The number of hydrogen-bond acceptors (Lipinski definition) is 2. The zero-order valence-corrected chi connectivity index (χ0v) is 6.84. The van der Waals surface area contributed by atoms with Crippen molar-refractivity contribution >= 4 is 5.96 Å². The van der Waals surface area contributed by atoms with Gasteiger partial charge < -0.3 is 15.4 Å². The van der Waals surface area contributed by atoms with Crippen LogP contribution >= 0.6 is 0 Å². The van der Waals surface area contributed by atoms with Crippen LogP contribution < -0.4 is 5.73 Å². The number of rotatable bonds is 1. The van der Waals surface area contributed by atoms with Gasteiger partial charge in [0.25, 0.3) is 0 Å². The largest absolute Gasteiger partial charge is 0.380 e. The Morgan fingerprint density at radius 3 is 3.00 bits per heavy atom. The molecule has 0 radical (unpaired) electrons. The molecule has 11 heavy (non-hydrogen) atoms. The highest BCUT2D eigenvalue weighted by atomic mass is 16.5. The topological polar surface area (TPSA) is 62.3 Å². The lowest BCUT2D eigenvalue weighted by Gasteiger charge is -2.31. The third-order valence-electron chi connectivity index (χ3n) is 2.05. The minimum atomic E-state index is 0.159. The number of hydrogen-bond donors (Lipinski definition) is 2. The van der Waals surface area contributed by atoms with Crippen LogP contribution in [0.1, 0.15) is 12.8 Å². The molecule has 3 N–H and O–H groups in total. The fourth-order valence-corrected chi connectivity index (χ4v) is 1.35. The van der Waals surface area contributed by atoms with Crippen LogP contribution in [0.25, 0.3) is 0 Å². The molecule has 0 aromatic carbocycles. The van der Waals surface area contributed by atoms with E-state index in [1.165, 1.54) is 0 Å². The van der Waals surface area contributed by atoms with Gasteiger partial charge in [-0.3, -0.25) is 5.41 Å². The molecule has 1 saturated heterocycles. The second-order valence-electron chi connectivity index (χ2n) is 2.83. The second-order valence-corrected chi connectivity index (χ2v) is 2.83. The Bertz CT molecular complexity index is 149. The molecular weight excluding hydrogens is 142 g/mol. The summed E-state index contributed by atoms with van der Waals surface area (Å²) in [6, 6.07) is 0. The fraction of sp³-hybridized carbons (Fsp3) is 0.857. The second kappa shape index (κ2) is 3.57. The molecule has 0 aromatic heterocycles. The molecule has 0 saturated carbocycles. The van der Waals surface area contributed by atoms with Crippen molar-refractivity contribution in [3.8, 4) is 0 Å². The maximum absolute atomic E-state index is 7.20. The number of nitrogens with one attached hydrogen (secondary N) is 1. The van der Waals surface area contributed by atoms with Gasteiger partial charge >= 0.3 is 0 Å². The molecule has 0 unspecified atom stereocenters. The average molecular weight is 157 g/mol. The molecular formula is C7H15N3O. The summed E-state index contributed by atoms with van der Waals surface area (Å²) in [5.41, 5.74) is 5.34. The molecule has 1 heterocycles. The quantitative estimate of drug-likeness (QED) is 0.415. The van der Waals surface area contributed by atoms with E-state index in [4.69, 9.17) is 15.9 Å². The summed E-state index contributed by atoms with van der Waals surface area (Å²) < 4.78 is 5.18. The average Bonchev–Trinajstić information content (AvgIpc) is 2.05. The predicted octanol–water partition coefficient (Wildman–Crippen LogP) is -0.00933. The minimum Gasteiger partial charge on any atom is -0.380 e. The standard InChI is InChI=1S/C7H15N3O/c1-11-6-3-2-4-10(5-6)7(8)9/h6H,2-5H2,1H3,(H3,8,9)/t6-/m1/s1. The molecule has 1 atom stereocenters. The van der Waals surface area contributed by atoms with Gasteiger partial charge in [0, 0.05) is 20.2 Å². The van der Waals surface area contributed by atoms with Crippen LogP contribution in [0.2, 0.25) is 0 Å². The first-order valence-electron chi connectivity index (χ1n) is 3.86. The van der Waals surface area contributed by atoms with Gasteiger partial charge in [0.05, 0.1) is 6.10 Å². The Kier molecular flexibility index (Phi) is 2.70. The van der Waals surface area contributed by atoms with Gasteiger partial charge in [-0.1, -0.05) is 0 Å². The number of methoxy groups -OCH3 is 1. The van der Waals surface area contributed by atoms with Gasteiger partial charge in [-0.2, -0.15) is 0 Å². The van der Waals surface area contributed by atoms with Gasteiger partial charge in [-0.15, -0.1) is 0 Å². The van der Waals surface area contributed by atoms with Crippen molar-refractivity contribution in [3.05, 3.63) is 0 Å². The number of nitrogens with two attached hydrogens (primary N) is 1. The molecule has 1 aliphatic heterocycles. The SMILES string of the molecule is CO[C@@H]1CCCN(C(=N)N)C1. The van der Waals surface area contributed by atoms with E-state index in [1.807, 2.05) is 4.90 Å². The molecule has 0 spiro atoms. The monoisotopic (exact) mass is 157 g/mol. The summed E-state index contributed by atoms with van der Waals surface area (Å²) in [6.07, 6.45) is 2.41. The normalized spacial score (nSPS) is 25.2. The molecule has 0 aliphatic carbocycles. The van der Waals surface area contributed by atoms with Gasteiger partial charge in [0.2, 0.25) is 0 Å². The number of guanidine groups is 1. The third-order valence-corrected chi connectivity index (χ3v) is 2.05. The van der Waals surface area contributed by atoms with Crippen molar-refractivity contribution in [1.29, 1.82) is 5.41 Å². The maximum atomic E-state index is 7.20. The minimum absolute atomic E-state index is 0.159. The van der Waals surface area contributed by atoms with Crippen molar-refractivity contribution in [2.75, 3.05) is 20.2 Å². The highest BCUT2D eigenvalue weighted by molar-refractivity contribution is 5.74. The van der Waals surface area contributed by atoms with Crippen molar-refractivity contribution < 1.29 is 4.74 Å². The summed E-state index contributed by atoms with van der Waals surface area (Å²) in [6.45, 7) is 1.67. The van der Waals surface area contributed by atoms with Crippen LogP contribution in [-0.4, -0.2) is 37.2 Å². The maximum Gasteiger partial charge on any atom is 0.188 e. The first-order chi connectivity index (χ1) is 5.24. The fourth-order valence-electron chi connectivity index (χ4n) is 1.35. The molecule has 1 rings (SSSR count). The van der Waals surface area contributed by atoms with Crippen molar-refractivity contribution in [1.82, 2.24) is 4.90 Å². The Hall–Kier alpha value is -0.770. The zero-order valence-electron chi connectivity index (χ0n) is 6.84. The molecule has 0 amide bonds. The van der Waals surface area contributed by atoms with Gasteiger partial charge in [0.1, 0.15) is 0 Å². The van der Waals surface area contributed by atoms with E-state index in [0.717, 1.165) is 25.9 Å². The molecule has 0 bridgehead atoms. The number of nitrogens with zero attached hydrogens (tertiary/aromatic N) is 1. The highest BCUT2D eigenvalue weighted by Crippen LogP contribution is 2.11. The van der Waals surface area contributed by atoms with E-state index in [-0.39, 0.29) is 12.1 Å². The number of likely N-dealkylation sites (tertiary alicyclic amines) is 1. The molecule has 4 heteroatoms. The van der Waals surface area contributed by atoms with Crippen LogP contribution in [-0.2, 0) is 4.74 Å². The van der Waals surface area contributed by atoms with Crippen molar-refractivity contribution in [2.24, 2.45) is 5.73 Å². The summed E-state index contributed by atoms with van der Waals surface area (Å²) in [5, 5.41) is 7.20. The predicted molar refractivity (Wildman–Crippen MR) is 43.5 cm³/mol. The Morgan fingerprint density at radius 2 is 2.45 bits per heavy atom. The molecule has 1 fully saturated rings. The van der Waals surface area contributed by atoms with Crippen LogP contribution in [0.3, 0.4) is 0 Å². The van der Waals surface area contributed by atoms with Gasteiger partial charge in [-0.25, -0.2) is 0 Å². The molecule has 0 aromatic rings. The van der Waals surface area contributed by atoms with Gasteiger partial charge in [-0.05, 0) is 12.8 Å². The molecule has 64 valence electrons. The van der Waals surface area contributed by atoms with E-state index in [0.29, 0.717) is 0 Å². The van der Waals surface area contributed by atoms with E-state index in [2.05, 4.69) is 0 Å². The summed E-state index contributed by atoms with van der Waals surface area (Å²) in [5.74, 6) is 0.159. The van der Waals surface area contributed by atoms with Crippen LogP contribution in [0.5, 0.6) is 0 Å². The Morgan fingerprint density at radius 1 is 1.73 bits per heavy atom. The van der Waals surface area contributed by atoms with E-state index in [1.54, 1.807) is 7.11 Å². The van der Waals surface area contributed by atoms with Crippen LogP contribution in [0.4, 0.5) is 0 Å². The van der Waals surface area contributed by atoms with E-state index < -0.39 is 0 Å². The lowest BCUT2D eigenvalue weighted by Crippen LogP contribution is -2.45. The molecule has 1 aliphatic rings. The van der Waals surface area contributed by atoms with Crippen molar-refractivity contribution in [2.45, 2.75) is 18.9 Å². The third kappa shape index (κ3) is 2.08. The van der Waals surface area contributed by atoms with Crippen molar-refractivity contribution in [3.63, 3.8) is 0 Å². The Labute approximate surface area is 66.8 Å². The first kappa shape index (κ1) is 8.33. The zero-order chi connectivity index (χ0) is 8.27. The van der Waals surface area contributed by atoms with Crippen LogP contribution in [0, 0.1) is 5.41 Å². The highest BCUT2D eigenvalue weighted by Gasteiger charge is 2.19. The summed E-state index contributed by atoms with van der Waals surface area (Å²) >= 11 is 0. The first-order valence-corrected chi connectivity index (χ1v) is 3.86. The lowest BCUT2D eigenvalue weighted by atomic mass is 10.1. The number of piperidine rings is 1. The smallest absolute Gasteiger partial charge is 0.188 e. The lowest BCUT2D eigenvalue weighted by molar-refractivity contribution is 0.0530.